The van der Waals surface area contributed by atoms with Crippen molar-refractivity contribution in [2.45, 2.75) is 46.1 Å². The number of rotatable bonds is 11. The molecule has 1 aliphatic rings. The van der Waals surface area contributed by atoms with Crippen LogP contribution in [0, 0.1) is 0 Å². The number of hydrogen-bond acceptors (Lipinski definition) is 6. The Morgan fingerprint density at radius 1 is 0.769 bits per heavy atom. The van der Waals surface area contributed by atoms with Gasteiger partial charge in [-0.25, -0.2) is 0 Å². The normalized spacial score (nSPS) is 13.5. The van der Waals surface area contributed by atoms with Gasteiger partial charge >= 0.3 is 0 Å². The van der Waals surface area contributed by atoms with Crippen LogP contribution in [0.2, 0.25) is 0 Å². The fourth-order valence-corrected chi connectivity index (χ4v) is 5.06. The summed E-state index contributed by atoms with van der Waals surface area (Å²) in [4.78, 5) is 16.0. The summed E-state index contributed by atoms with van der Waals surface area (Å²) in [6.07, 6.45) is 4.37. The quantitative estimate of drug-likeness (QED) is 0.246. The molecule has 1 fully saturated rings. The van der Waals surface area contributed by atoms with Gasteiger partial charge in [-0.05, 0) is 80.4 Å². The number of fused-ring (bicyclic) bond motifs is 1. The maximum atomic E-state index is 13.7. The molecule has 0 saturated carbocycles. The first kappa shape index (κ1) is 26.6. The Balaban J connectivity index is 1.52. The SMILES string of the molecule is CCn1cc(CN2CCCC2)c(=O)c2ccc(OCc3ccc(OC)cc3)c(OCc3ccc(OC)cc3)c21. The first-order chi connectivity index (χ1) is 19.1. The van der Waals surface area contributed by atoms with E-state index in [-0.39, 0.29) is 5.43 Å². The first-order valence-corrected chi connectivity index (χ1v) is 13.5. The number of methoxy groups -OCH3 is 2. The van der Waals surface area contributed by atoms with E-state index in [1.54, 1.807) is 14.2 Å². The molecule has 0 atom stereocenters. The molecule has 1 aromatic heterocycles. The molecule has 7 nitrogen and oxygen atoms in total. The smallest absolute Gasteiger partial charge is 0.194 e. The third kappa shape index (κ3) is 6.04. The highest BCUT2D eigenvalue weighted by Crippen LogP contribution is 2.36. The maximum absolute atomic E-state index is 13.7. The number of aromatic nitrogens is 1. The largest absolute Gasteiger partial charge is 0.497 e. The molecule has 0 radical (unpaired) electrons. The van der Waals surface area contributed by atoms with Crippen LogP contribution in [-0.2, 0) is 26.3 Å². The minimum atomic E-state index is 0.0533. The minimum Gasteiger partial charge on any atom is -0.497 e. The molecule has 0 spiro atoms. The molecule has 1 aliphatic heterocycles. The van der Waals surface area contributed by atoms with Crippen molar-refractivity contribution in [2.24, 2.45) is 0 Å². The Hall–Kier alpha value is -3.97. The lowest BCUT2D eigenvalue weighted by atomic mass is 10.1. The summed E-state index contributed by atoms with van der Waals surface area (Å²) in [5, 5.41) is 0.648. The fraction of sp³-hybridized carbons (Fsp3) is 0.344. The van der Waals surface area contributed by atoms with Crippen molar-refractivity contribution in [3.05, 3.63) is 93.8 Å². The van der Waals surface area contributed by atoms with Crippen LogP contribution in [0.4, 0.5) is 0 Å². The molecule has 0 unspecified atom stereocenters. The van der Waals surface area contributed by atoms with Crippen LogP contribution in [0.25, 0.3) is 10.9 Å². The zero-order chi connectivity index (χ0) is 27.2. The highest BCUT2D eigenvalue weighted by Gasteiger charge is 2.20. The van der Waals surface area contributed by atoms with Gasteiger partial charge in [-0.2, -0.15) is 0 Å². The van der Waals surface area contributed by atoms with Crippen molar-refractivity contribution in [3.8, 4) is 23.0 Å². The van der Waals surface area contributed by atoms with Crippen LogP contribution in [0.1, 0.15) is 36.5 Å². The van der Waals surface area contributed by atoms with Crippen molar-refractivity contribution in [1.82, 2.24) is 9.47 Å². The fourth-order valence-electron chi connectivity index (χ4n) is 5.06. The van der Waals surface area contributed by atoms with Crippen LogP contribution in [0.15, 0.2) is 71.7 Å². The van der Waals surface area contributed by atoms with Crippen LogP contribution < -0.4 is 24.4 Å². The Kier molecular flexibility index (Phi) is 8.37. The molecule has 3 aromatic carbocycles. The van der Waals surface area contributed by atoms with E-state index in [1.165, 1.54) is 12.8 Å². The summed E-state index contributed by atoms with van der Waals surface area (Å²) in [5.41, 5.74) is 3.63. The molecular formula is C32H36N2O5. The summed E-state index contributed by atoms with van der Waals surface area (Å²) >= 11 is 0. The standard InChI is InChI=1S/C32H36N2O5/c1-4-34-20-25(19-33-17-5-6-18-33)31(35)28-15-16-29(38-21-23-7-11-26(36-2)12-8-23)32(30(28)34)39-22-24-9-13-27(37-3)14-10-24/h7-16,20H,4-6,17-19,21-22H2,1-3H3. The maximum Gasteiger partial charge on any atom is 0.194 e. The van der Waals surface area contributed by atoms with Crippen molar-refractivity contribution in [1.29, 1.82) is 0 Å². The van der Waals surface area contributed by atoms with E-state index in [0.717, 1.165) is 46.8 Å². The molecule has 0 amide bonds. The number of likely N-dealkylation sites (tertiary alicyclic amines) is 1. The highest BCUT2D eigenvalue weighted by molar-refractivity contribution is 5.88. The lowest BCUT2D eigenvalue weighted by Gasteiger charge is -2.21. The van der Waals surface area contributed by atoms with E-state index in [4.69, 9.17) is 18.9 Å². The summed E-state index contributed by atoms with van der Waals surface area (Å²) in [6, 6.07) is 19.3. The second kappa shape index (κ2) is 12.3. The van der Waals surface area contributed by atoms with Crippen LogP contribution >= 0.6 is 0 Å². The lowest BCUT2D eigenvalue weighted by molar-refractivity contribution is 0.257. The lowest BCUT2D eigenvalue weighted by Crippen LogP contribution is -2.24. The van der Waals surface area contributed by atoms with Crippen molar-refractivity contribution in [3.63, 3.8) is 0 Å². The minimum absolute atomic E-state index is 0.0533. The van der Waals surface area contributed by atoms with Gasteiger partial charge in [0, 0.05) is 24.8 Å². The van der Waals surface area contributed by atoms with Gasteiger partial charge in [-0.3, -0.25) is 9.69 Å². The van der Waals surface area contributed by atoms with Gasteiger partial charge in [0.1, 0.15) is 24.7 Å². The number of nitrogens with zero attached hydrogens (tertiary/aromatic N) is 2. The molecule has 4 aromatic rings. The topological polar surface area (TPSA) is 62.2 Å². The average Bonchev–Trinajstić information content (AvgIpc) is 3.50. The van der Waals surface area contributed by atoms with Gasteiger partial charge in [0.25, 0.3) is 0 Å². The molecular weight excluding hydrogens is 492 g/mol. The molecule has 1 saturated heterocycles. The van der Waals surface area contributed by atoms with Gasteiger partial charge in [0.15, 0.2) is 16.9 Å². The Labute approximate surface area is 229 Å². The van der Waals surface area contributed by atoms with Crippen LogP contribution in [-0.4, -0.2) is 36.8 Å². The Morgan fingerprint density at radius 3 is 1.92 bits per heavy atom. The Morgan fingerprint density at radius 2 is 1.36 bits per heavy atom. The van der Waals surface area contributed by atoms with Gasteiger partial charge in [0.2, 0.25) is 0 Å². The number of pyridine rings is 1. The third-order valence-electron chi connectivity index (χ3n) is 7.26. The molecule has 2 heterocycles. The van der Waals surface area contributed by atoms with Crippen LogP contribution in [0.5, 0.6) is 23.0 Å². The zero-order valence-electron chi connectivity index (χ0n) is 22.9. The summed E-state index contributed by atoms with van der Waals surface area (Å²) in [6.45, 7) is 6.22. The second-order valence-electron chi connectivity index (χ2n) is 9.82. The molecule has 0 bridgehead atoms. The van der Waals surface area contributed by atoms with E-state index >= 15 is 0 Å². The van der Waals surface area contributed by atoms with E-state index < -0.39 is 0 Å². The van der Waals surface area contributed by atoms with E-state index in [0.29, 0.717) is 43.2 Å². The second-order valence-corrected chi connectivity index (χ2v) is 9.82. The predicted octanol–water partition coefficient (Wildman–Crippen LogP) is 5.79. The number of benzene rings is 3. The molecule has 0 N–H and O–H groups in total. The highest BCUT2D eigenvalue weighted by atomic mass is 16.5. The Bertz CT molecular complexity index is 1460. The third-order valence-corrected chi connectivity index (χ3v) is 7.26. The van der Waals surface area contributed by atoms with Crippen molar-refractivity contribution in [2.75, 3.05) is 27.3 Å². The number of hydrogen-bond donors (Lipinski definition) is 0. The summed E-state index contributed by atoms with van der Waals surface area (Å²) < 4.78 is 25.4. The van der Waals surface area contributed by atoms with Crippen molar-refractivity contribution >= 4 is 10.9 Å². The summed E-state index contributed by atoms with van der Waals surface area (Å²) in [7, 11) is 3.30. The van der Waals surface area contributed by atoms with Gasteiger partial charge in [-0.1, -0.05) is 24.3 Å². The molecule has 39 heavy (non-hydrogen) atoms. The van der Waals surface area contributed by atoms with Gasteiger partial charge < -0.3 is 23.5 Å². The monoisotopic (exact) mass is 528 g/mol. The van der Waals surface area contributed by atoms with Gasteiger partial charge in [0.05, 0.1) is 25.1 Å². The average molecular weight is 529 g/mol. The van der Waals surface area contributed by atoms with Crippen molar-refractivity contribution < 1.29 is 18.9 Å². The van der Waals surface area contributed by atoms with E-state index in [2.05, 4.69) is 16.4 Å². The van der Waals surface area contributed by atoms with E-state index in [1.807, 2.05) is 66.9 Å². The number of aryl methyl sites for hydroxylation is 1. The molecule has 7 heteroatoms. The predicted molar refractivity (Wildman–Crippen MR) is 153 cm³/mol. The van der Waals surface area contributed by atoms with Crippen LogP contribution in [0.3, 0.4) is 0 Å². The molecule has 204 valence electrons. The van der Waals surface area contributed by atoms with Gasteiger partial charge in [-0.15, -0.1) is 0 Å². The van der Waals surface area contributed by atoms with E-state index in [9.17, 15) is 4.79 Å². The molecule has 5 rings (SSSR count). The zero-order valence-corrected chi connectivity index (χ0v) is 22.9. The summed E-state index contributed by atoms with van der Waals surface area (Å²) in [5.74, 6) is 2.76. The number of ether oxygens (including phenoxy) is 4. The molecule has 0 aliphatic carbocycles. The first-order valence-electron chi connectivity index (χ1n) is 13.5.